The van der Waals surface area contributed by atoms with Crippen LogP contribution >= 0.6 is 0 Å². The quantitative estimate of drug-likeness (QED) is 0.699. The minimum absolute atomic E-state index is 0.0566. The Hall–Kier alpha value is -1.73. The molecule has 80 valence electrons. The monoisotopic (exact) mass is 229 g/mol. The molecule has 6 nitrogen and oxygen atoms in total. The Labute approximate surface area is 85.4 Å². The van der Waals surface area contributed by atoms with E-state index in [9.17, 15) is 18.0 Å². The van der Waals surface area contributed by atoms with Crippen molar-refractivity contribution in [3.8, 4) is 0 Å². The SMILES string of the molecule is NS(=O)(=O)c1cc(C=O)cc(C(=O)O)c1. The average Bonchev–Trinajstić information content (AvgIpc) is 2.15. The Morgan fingerprint density at radius 3 is 2.33 bits per heavy atom. The topological polar surface area (TPSA) is 115 Å². The van der Waals surface area contributed by atoms with Gasteiger partial charge in [0, 0.05) is 5.56 Å². The number of benzene rings is 1. The minimum Gasteiger partial charge on any atom is -0.478 e. The van der Waals surface area contributed by atoms with E-state index in [1.54, 1.807) is 0 Å². The summed E-state index contributed by atoms with van der Waals surface area (Å²) in [6.45, 7) is 0. The van der Waals surface area contributed by atoms with Crippen LogP contribution in [0.4, 0.5) is 0 Å². The first-order valence-electron chi connectivity index (χ1n) is 3.71. The highest BCUT2D eigenvalue weighted by molar-refractivity contribution is 7.89. The molecule has 1 rings (SSSR count). The fourth-order valence-electron chi connectivity index (χ4n) is 0.978. The molecule has 0 saturated heterocycles. The fraction of sp³-hybridized carbons (Fsp3) is 0. The van der Waals surface area contributed by atoms with E-state index >= 15 is 0 Å². The van der Waals surface area contributed by atoms with Crippen LogP contribution in [0.5, 0.6) is 0 Å². The van der Waals surface area contributed by atoms with Gasteiger partial charge < -0.3 is 5.11 Å². The van der Waals surface area contributed by atoms with Crippen LogP contribution in [0, 0.1) is 0 Å². The Morgan fingerprint density at radius 1 is 1.33 bits per heavy atom. The lowest BCUT2D eigenvalue weighted by Crippen LogP contribution is -2.13. The Bertz CT molecular complexity index is 520. The van der Waals surface area contributed by atoms with Crippen LogP contribution in [0.3, 0.4) is 0 Å². The van der Waals surface area contributed by atoms with Gasteiger partial charge in [0.2, 0.25) is 10.0 Å². The van der Waals surface area contributed by atoms with E-state index in [1.165, 1.54) is 0 Å². The summed E-state index contributed by atoms with van der Waals surface area (Å²) in [5, 5.41) is 13.5. The summed E-state index contributed by atoms with van der Waals surface area (Å²) in [5.74, 6) is -1.33. The number of nitrogens with two attached hydrogens (primary N) is 1. The molecule has 0 atom stereocenters. The normalized spacial score (nSPS) is 11.0. The van der Waals surface area contributed by atoms with Gasteiger partial charge in [-0.1, -0.05) is 0 Å². The molecule has 0 amide bonds. The van der Waals surface area contributed by atoms with Crippen molar-refractivity contribution in [2.45, 2.75) is 4.90 Å². The molecule has 7 heteroatoms. The molecule has 0 unspecified atom stereocenters. The van der Waals surface area contributed by atoms with E-state index in [0.717, 1.165) is 18.2 Å². The second-order valence-corrected chi connectivity index (χ2v) is 4.32. The maximum absolute atomic E-state index is 10.9. The zero-order chi connectivity index (χ0) is 11.6. The summed E-state index contributed by atoms with van der Waals surface area (Å²) in [4.78, 5) is 20.6. The van der Waals surface area contributed by atoms with E-state index in [1.807, 2.05) is 0 Å². The van der Waals surface area contributed by atoms with Gasteiger partial charge in [0.05, 0.1) is 10.5 Å². The molecule has 0 aliphatic rings. The van der Waals surface area contributed by atoms with Crippen LogP contribution < -0.4 is 5.14 Å². The van der Waals surface area contributed by atoms with Crippen molar-refractivity contribution >= 4 is 22.3 Å². The van der Waals surface area contributed by atoms with Crippen molar-refractivity contribution < 1.29 is 23.1 Å². The molecule has 0 heterocycles. The molecule has 0 bridgehead atoms. The molecule has 1 aromatic rings. The highest BCUT2D eigenvalue weighted by Crippen LogP contribution is 2.13. The smallest absolute Gasteiger partial charge is 0.335 e. The van der Waals surface area contributed by atoms with E-state index in [4.69, 9.17) is 10.2 Å². The number of primary sulfonamides is 1. The van der Waals surface area contributed by atoms with Crippen LogP contribution in [-0.2, 0) is 10.0 Å². The third kappa shape index (κ3) is 2.61. The summed E-state index contributed by atoms with van der Waals surface area (Å²) in [5.41, 5.74) is -0.359. The third-order valence-corrected chi connectivity index (χ3v) is 2.53. The molecule has 0 saturated carbocycles. The molecule has 0 fully saturated rings. The molecule has 3 N–H and O–H groups in total. The number of hydrogen-bond donors (Lipinski definition) is 2. The Balaban J connectivity index is 3.50. The number of carboxylic acids is 1. The van der Waals surface area contributed by atoms with E-state index in [-0.39, 0.29) is 11.1 Å². The lowest BCUT2D eigenvalue weighted by molar-refractivity contribution is 0.0696. The van der Waals surface area contributed by atoms with Gasteiger partial charge in [0.1, 0.15) is 6.29 Å². The zero-order valence-corrected chi connectivity index (χ0v) is 8.19. The molecular formula is C8H7NO5S. The standard InChI is InChI=1S/C8H7NO5S/c9-15(13,14)7-2-5(4-10)1-6(3-7)8(11)12/h1-4H,(H,11,12)(H2,9,13,14). The van der Waals surface area contributed by atoms with Gasteiger partial charge in [-0.2, -0.15) is 0 Å². The lowest BCUT2D eigenvalue weighted by Gasteiger charge is -2.01. The van der Waals surface area contributed by atoms with E-state index in [0.29, 0.717) is 6.29 Å². The number of hydrogen-bond acceptors (Lipinski definition) is 4. The number of rotatable bonds is 3. The zero-order valence-electron chi connectivity index (χ0n) is 7.38. The van der Waals surface area contributed by atoms with Crippen LogP contribution in [0.1, 0.15) is 20.7 Å². The predicted molar refractivity (Wildman–Crippen MR) is 50.2 cm³/mol. The van der Waals surface area contributed by atoms with Crippen molar-refractivity contribution in [1.82, 2.24) is 0 Å². The first-order chi connectivity index (χ1) is 6.84. The third-order valence-electron chi connectivity index (χ3n) is 1.64. The number of sulfonamides is 1. The minimum atomic E-state index is -4.01. The molecule has 15 heavy (non-hydrogen) atoms. The molecule has 0 aliphatic carbocycles. The van der Waals surface area contributed by atoms with Crippen LogP contribution in [0.2, 0.25) is 0 Å². The summed E-state index contributed by atoms with van der Waals surface area (Å²) in [6.07, 6.45) is 0.348. The molecule has 0 radical (unpaired) electrons. The average molecular weight is 229 g/mol. The summed E-state index contributed by atoms with van der Waals surface area (Å²) in [7, 11) is -4.01. The van der Waals surface area contributed by atoms with Gasteiger partial charge >= 0.3 is 5.97 Å². The first-order valence-corrected chi connectivity index (χ1v) is 5.25. The van der Waals surface area contributed by atoms with Gasteiger partial charge in [-0.3, -0.25) is 4.79 Å². The summed E-state index contributed by atoms with van der Waals surface area (Å²) in [6, 6.07) is 2.96. The summed E-state index contributed by atoms with van der Waals surface area (Å²) < 4.78 is 21.9. The largest absolute Gasteiger partial charge is 0.478 e. The molecule has 0 spiro atoms. The van der Waals surface area contributed by atoms with Gasteiger partial charge in [0.15, 0.2) is 0 Å². The highest BCUT2D eigenvalue weighted by Gasteiger charge is 2.13. The first kappa shape index (κ1) is 11.3. The van der Waals surface area contributed by atoms with E-state index < -0.39 is 20.9 Å². The van der Waals surface area contributed by atoms with Gasteiger partial charge in [-0.15, -0.1) is 0 Å². The number of carbonyl (C=O) groups excluding carboxylic acids is 1. The van der Waals surface area contributed by atoms with Gasteiger partial charge in [-0.25, -0.2) is 18.4 Å². The van der Waals surface area contributed by atoms with E-state index in [2.05, 4.69) is 0 Å². The Kier molecular flexibility index (Phi) is 2.87. The number of carbonyl (C=O) groups is 2. The maximum Gasteiger partial charge on any atom is 0.335 e. The number of carboxylic acid groups (broad SMARTS) is 1. The number of aromatic carboxylic acids is 1. The molecular weight excluding hydrogens is 222 g/mol. The maximum atomic E-state index is 10.9. The molecule has 1 aromatic carbocycles. The molecule has 0 aliphatic heterocycles. The lowest BCUT2D eigenvalue weighted by atomic mass is 10.1. The predicted octanol–water partition coefficient (Wildman–Crippen LogP) is -0.155. The second kappa shape index (κ2) is 3.79. The molecule has 0 aromatic heterocycles. The fourth-order valence-corrected chi connectivity index (χ4v) is 1.57. The van der Waals surface area contributed by atoms with Crippen molar-refractivity contribution in [2.24, 2.45) is 5.14 Å². The summed E-state index contributed by atoms with van der Waals surface area (Å²) >= 11 is 0. The van der Waals surface area contributed by atoms with Gasteiger partial charge in [0.25, 0.3) is 0 Å². The van der Waals surface area contributed by atoms with Crippen LogP contribution in [0.25, 0.3) is 0 Å². The van der Waals surface area contributed by atoms with Crippen LogP contribution in [0.15, 0.2) is 23.1 Å². The van der Waals surface area contributed by atoms with Crippen molar-refractivity contribution in [3.63, 3.8) is 0 Å². The van der Waals surface area contributed by atoms with Gasteiger partial charge in [-0.05, 0) is 18.2 Å². The second-order valence-electron chi connectivity index (χ2n) is 2.76. The Morgan fingerprint density at radius 2 is 1.93 bits per heavy atom. The van der Waals surface area contributed by atoms with Crippen molar-refractivity contribution in [2.75, 3.05) is 0 Å². The van der Waals surface area contributed by atoms with Crippen molar-refractivity contribution in [1.29, 1.82) is 0 Å². The van der Waals surface area contributed by atoms with Crippen LogP contribution in [-0.4, -0.2) is 25.8 Å². The number of aldehydes is 1. The van der Waals surface area contributed by atoms with Crippen molar-refractivity contribution in [3.05, 3.63) is 29.3 Å². The highest BCUT2D eigenvalue weighted by atomic mass is 32.2.